The van der Waals surface area contributed by atoms with E-state index in [4.69, 9.17) is 4.74 Å². The van der Waals surface area contributed by atoms with Gasteiger partial charge in [0.25, 0.3) is 0 Å². The fourth-order valence-corrected chi connectivity index (χ4v) is 4.23. The Morgan fingerprint density at radius 1 is 1.20 bits per heavy atom. The first-order valence-electron chi connectivity index (χ1n) is 10.1. The van der Waals surface area contributed by atoms with Gasteiger partial charge in [0.15, 0.2) is 0 Å². The maximum Gasteiger partial charge on any atom is 0.315 e. The van der Waals surface area contributed by atoms with Crippen molar-refractivity contribution in [3.63, 3.8) is 0 Å². The van der Waals surface area contributed by atoms with E-state index >= 15 is 0 Å². The van der Waals surface area contributed by atoms with Crippen LogP contribution in [0, 0.1) is 11.8 Å². The minimum absolute atomic E-state index is 0.123. The molecule has 0 spiro atoms. The van der Waals surface area contributed by atoms with Crippen molar-refractivity contribution in [1.29, 1.82) is 0 Å². The molecule has 1 aliphatic carbocycles. The lowest BCUT2D eigenvalue weighted by atomic mass is 9.90. The van der Waals surface area contributed by atoms with Gasteiger partial charge in [-0.05, 0) is 50.7 Å². The number of hydrogen-bond acceptors (Lipinski definition) is 4. The SMILES string of the molecule is CCCCCCC=C[C@H]1CCC(=O)[C@@H]1CCCCSCC(=O)OCC. The number of Topliss-reactive ketones (excluding diaryl/α,β-unsaturated/α-hetero) is 1. The number of esters is 1. The van der Waals surface area contributed by atoms with Crippen LogP contribution in [-0.4, -0.2) is 29.9 Å². The van der Waals surface area contributed by atoms with E-state index in [1.807, 2.05) is 6.92 Å². The molecule has 1 aliphatic rings. The Morgan fingerprint density at radius 2 is 2.04 bits per heavy atom. The van der Waals surface area contributed by atoms with Crippen LogP contribution in [-0.2, 0) is 14.3 Å². The van der Waals surface area contributed by atoms with Gasteiger partial charge in [-0.2, -0.15) is 11.8 Å². The van der Waals surface area contributed by atoms with Crippen molar-refractivity contribution in [2.24, 2.45) is 11.8 Å². The van der Waals surface area contributed by atoms with E-state index < -0.39 is 0 Å². The van der Waals surface area contributed by atoms with Crippen LogP contribution in [0.1, 0.15) is 78.1 Å². The first-order valence-corrected chi connectivity index (χ1v) is 11.3. The Kier molecular flexibility index (Phi) is 12.8. The summed E-state index contributed by atoms with van der Waals surface area (Å²) in [6, 6.07) is 0. The minimum atomic E-state index is -0.123. The Labute approximate surface area is 158 Å². The molecule has 0 heterocycles. The molecule has 1 saturated carbocycles. The number of unbranched alkanes of at least 4 members (excludes halogenated alkanes) is 5. The number of carbonyl (C=O) groups excluding carboxylic acids is 2. The molecule has 144 valence electrons. The second kappa shape index (κ2) is 14.4. The zero-order valence-corrected chi connectivity index (χ0v) is 17.0. The largest absolute Gasteiger partial charge is 0.465 e. The van der Waals surface area contributed by atoms with E-state index in [2.05, 4.69) is 19.1 Å². The van der Waals surface area contributed by atoms with E-state index in [-0.39, 0.29) is 11.9 Å². The van der Waals surface area contributed by atoms with Crippen LogP contribution in [0.4, 0.5) is 0 Å². The fourth-order valence-electron chi connectivity index (χ4n) is 3.43. The molecule has 0 bridgehead atoms. The number of rotatable bonds is 14. The van der Waals surface area contributed by atoms with E-state index in [9.17, 15) is 9.59 Å². The van der Waals surface area contributed by atoms with Gasteiger partial charge in [-0.1, -0.05) is 44.8 Å². The smallest absolute Gasteiger partial charge is 0.315 e. The first kappa shape index (κ1) is 22.3. The standard InChI is InChI=1S/C21H36O3S/c1-3-5-6-7-8-9-12-18-14-15-20(22)19(18)13-10-11-16-25-17-21(23)24-4-2/h9,12,18-19H,3-8,10-11,13-17H2,1-2H3/t18-,19+/m0/s1. The molecule has 0 unspecified atom stereocenters. The maximum atomic E-state index is 12.1. The second-order valence-corrected chi connectivity index (χ2v) is 8.01. The molecule has 0 amide bonds. The summed E-state index contributed by atoms with van der Waals surface area (Å²) in [6.07, 6.45) is 15.9. The second-order valence-electron chi connectivity index (χ2n) is 6.91. The van der Waals surface area contributed by atoms with Crippen molar-refractivity contribution >= 4 is 23.5 Å². The summed E-state index contributed by atoms with van der Waals surface area (Å²) in [4.78, 5) is 23.4. The van der Waals surface area contributed by atoms with Crippen molar-refractivity contribution in [2.45, 2.75) is 78.1 Å². The molecule has 4 heteroatoms. The average molecular weight is 369 g/mol. The molecule has 0 aliphatic heterocycles. The molecule has 0 radical (unpaired) electrons. The van der Waals surface area contributed by atoms with Crippen LogP contribution in [0.3, 0.4) is 0 Å². The van der Waals surface area contributed by atoms with Crippen LogP contribution in [0.15, 0.2) is 12.2 Å². The van der Waals surface area contributed by atoms with Crippen LogP contribution in [0.2, 0.25) is 0 Å². The van der Waals surface area contributed by atoms with E-state index in [1.165, 1.54) is 25.7 Å². The molecule has 25 heavy (non-hydrogen) atoms. The van der Waals surface area contributed by atoms with Gasteiger partial charge < -0.3 is 4.74 Å². The Morgan fingerprint density at radius 3 is 2.80 bits per heavy atom. The normalized spacial score (nSPS) is 20.5. The number of thioether (sulfide) groups is 1. The van der Waals surface area contributed by atoms with Crippen molar-refractivity contribution < 1.29 is 14.3 Å². The Bertz CT molecular complexity index is 406. The topological polar surface area (TPSA) is 43.4 Å². The highest BCUT2D eigenvalue weighted by atomic mass is 32.2. The van der Waals surface area contributed by atoms with Gasteiger partial charge in [0.2, 0.25) is 0 Å². The highest BCUT2D eigenvalue weighted by Gasteiger charge is 2.32. The molecule has 1 fully saturated rings. The third-order valence-corrected chi connectivity index (χ3v) is 5.86. The molecule has 0 saturated heterocycles. The molecule has 2 atom stereocenters. The number of carbonyl (C=O) groups is 2. The molecular formula is C21H36O3S. The zero-order valence-electron chi connectivity index (χ0n) is 16.1. The predicted octanol–water partition coefficient (Wildman–Crippen LogP) is 5.57. The highest BCUT2D eigenvalue weighted by Crippen LogP contribution is 2.33. The van der Waals surface area contributed by atoms with Gasteiger partial charge in [-0.15, -0.1) is 0 Å². The summed E-state index contributed by atoms with van der Waals surface area (Å²) >= 11 is 1.64. The van der Waals surface area contributed by atoms with Crippen LogP contribution >= 0.6 is 11.8 Å². The number of ether oxygens (including phenoxy) is 1. The zero-order chi connectivity index (χ0) is 18.3. The van der Waals surface area contributed by atoms with Crippen molar-refractivity contribution in [3.05, 3.63) is 12.2 Å². The average Bonchev–Trinajstić information content (AvgIpc) is 2.94. The monoisotopic (exact) mass is 368 g/mol. The number of allylic oxidation sites excluding steroid dienone is 2. The quantitative estimate of drug-likeness (QED) is 0.228. The van der Waals surface area contributed by atoms with Crippen molar-refractivity contribution in [1.82, 2.24) is 0 Å². The lowest BCUT2D eigenvalue weighted by molar-refractivity contribution is -0.139. The third-order valence-electron chi connectivity index (χ3n) is 4.84. The van der Waals surface area contributed by atoms with Gasteiger partial charge in [-0.3, -0.25) is 9.59 Å². The molecule has 0 aromatic carbocycles. The van der Waals surface area contributed by atoms with Gasteiger partial charge in [0.05, 0.1) is 12.4 Å². The van der Waals surface area contributed by atoms with Gasteiger partial charge in [-0.25, -0.2) is 0 Å². The van der Waals surface area contributed by atoms with E-state index in [1.54, 1.807) is 11.8 Å². The lowest BCUT2D eigenvalue weighted by Gasteiger charge is -2.14. The summed E-state index contributed by atoms with van der Waals surface area (Å²) in [7, 11) is 0. The van der Waals surface area contributed by atoms with Crippen molar-refractivity contribution in [3.8, 4) is 0 Å². The summed E-state index contributed by atoms with van der Waals surface area (Å²) in [5.74, 6) is 2.45. The van der Waals surface area contributed by atoms with Gasteiger partial charge in [0, 0.05) is 12.3 Å². The van der Waals surface area contributed by atoms with Crippen LogP contribution < -0.4 is 0 Å². The highest BCUT2D eigenvalue weighted by molar-refractivity contribution is 7.99. The summed E-state index contributed by atoms with van der Waals surface area (Å²) in [5, 5.41) is 0. The van der Waals surface area contributed by atoms with Gasteiger partial charge in [0.1, 0.15) is 5.78 Å². The maximum absolute atomic E-state index is 12.1. The van der Waals surface area contributed by atoms with E-state index in [0.29, 0.717) is 24.1 Å². The molecule has 0 aromatic rings. The Balaban J connectivity index is 2.16. The van der Waals surface area contributed by atoms with Crippen LogP contribution in [0.25, 0.3) is 0 Å². The first-order chi connectivity index (χ1) is 12.2. The molecule has 3 nitrogen and oxygen atoms in total. The van der Waals surface area contributed by atoms with Gasteiger partial charge >= 0.3 is 5.97 Å². The van der Waals surface area contributed by atoms with Crippen molar-refractivity contribution in [2.75, 3.05) is 18.1 Å². The molecular weight excluding hydrogens is 332 g/mol. The molecule has 1 rings (SSSR count). The Hall–Kier alpha value is -0.770. The lowest BCUT2D eigenvalue weighted by Crippen LogP contribution is -2.13. The third kappa shape index (κ3) is 10.1. The summed E-state index contributed by atoms with van der Waals surface area (Å²) < 4.78 is 4.91. The molecule has 0 N–H and O–H groups in total. The minimum Gasteiger partial charge on any atom is -0.465 e. The molecule has 0 aromatic heterocycles. The fraction of sp³-hybridized carbons (Fsp3) is 0.810. The summed E-state index contributed by atoms with van der Waals surface area (Å²) in [6.45, 7) is 4.52. The summed E-state index contributed by atoms with van der Waals surface area (Å²) in [5.41, 5.74) is 0. The van der Waals surface area contributed by atoms with E-state index in [0.717, 1.165) is 44.3 Å². The van der Waals surface area contributed by atoms with Crippen LogP contribution in [0.5, 0.6) is 0 Å². The number of ketones is 1. The number of hydrogen-bond donors (Lipinski definition) is 0. The predicted molar refractivity (Wildman–Crippen MR) is 107 cm³/mol.